The maximum absolute atomic E-state index is 12.6. The fraction of sp³-hybridized carbons (Fsp3) is 0.600. The Morgan fingerprint density at radius 1 is 1.42 bits per heavy atom. The predicted molar refractivity (Wildman–Crippen MR) is 84.1 cm³/mol. The third-order valence-corrected chi connectivity index (χ3v) is 3.64. The first-order valence-corrected chi connectivity index (χ1v) is 7.81. The monoisotopic (exact) mass is 365 g/mol. The summed E-state index contributed by atoms with van der Waals surface area (Å²) < 4.78 is 43.1. The lowest BCUT2D eigenvalue weighted by atomic mass is 10.2. The van der Waals surface area contributed by atoms with Gasteiger partial charge in [-0.15, -0.1) is 0 Å². The molecule has 1 fully saturated rings. The van der Waals surface area contributed by atoms with E-state index in [1.807, 2.05) is 0 Å². The molecular formula is C15H19ClF3N3O2. The van der Waals surface area contributed by atoms with E-state index in [1.165, 1.54) is 0 Å². The van der Waals surface area contributed by atoms with E-state index in [-0.39, 0.29) is 16.9 Å². The van der Waals surface area contributed by atoms with Crippen molar-refractivity contribution in [3.8, 4) is 0 Å². The van der Waals surface area contributed by atoms with E-state index in [9.17, 15) is 18.0 Å². The zero-order valence-corrected chi connectivity index (χ0v) is 14.3. The van der Waals surface area contributed by atoms with Gasteiger partial charge in [0.1, 0.15) is 11.4 Å². The topological polar surface area (TPSA) is 54.5 Å². The van der Waals surface area contributed by atoms with Crippen LogP contribution in [0.25, 0.3) is 0 Å². The van der Waals surface area contributed by atoms with Gasteiger partial charge in [0.15, 0.2) is 0 Å². The number of rotatable bonds is 2. The Hall–Kier alpha value is -1.70. The summed E-state index contributed by atoms with van der Waals surface area (Å²) in [6.45, 7) is 6.20. The molecule has 0 aliphatic carbocycles. The lowest BCUT2D eigenvalue weighted by Gasteiger charge is -2.24. The number of pyridine rings is 1. The third kappa shape index (κ3) is 4.90. The highest BCUT2D eigenvalue weighted by atomic mass is 35.5. The molecule has 1 atom stereocenters. The minimum absolute atomic E-state index is 0.111. The van der Waals surface area contributed by atoms with Crippen molar-refractivity contribution in [2.45, 2.75) is 45.0 Å². The van der Waals surface area contributed by atoms with Gasteiger partial charge in [-0.1, -0.05) is 11.6 Å². The average molecular weight is 366 g/mol. The Kier molecular flexibility index (Phi) is 5.17. The van der Waals surface area contributed by atoms with Gasteiger partial charge < -0.3 is 15.0 Å². The van der Waals surface area contributed by atoms with Crippen LogP contribution in [0.2, 0.25) is 5.02 Å². The van der Waals surface area contributed by atoms with Crippen LogP contribution in [0.15, 0.2) is 12.3 Å². The minimum atomic E-state index is -4.49. The number of nitrogens with zero attached hydrogens (tertiary/aromatic N) is 2. The Balaban J connectivity index is 1.97. The van der Waals surface area contributed by atoms with E-state index < -0.39 is 23.4 Å². The summed E-state index contributed by atoms with van der Waals surface area (Å²) in [6, 6.07) is 0.677. The average Bonchev–Trinajstić information content (AvgIpc) is 2.86. The highest BCUT2D eigenvalue weighted by Crippen LogP contribution is 2.32. The van der Waals surface area contributed by atoms with E-state index in [2.05, 4.69) is 10.3 Å². The first-order chi connectivity index (χ1) is 11.0. The van der Waals surface area contributed by atoms with Crippen molar-refractivity contribution in [2.75, 3.05) is 18.4 Å². The molecule has 0 spiro atoms. The first-order valence-electron chi connectivity index (χ1n) is 7.43. The Morgan fingerprint density at radius 2 is 2.08 bits per heavy atom. The van der Waals surface area contributed by atoms with E-state index in [0.29, 0.717) is 19.5 Å². The number of ether oxygens (including phenoxy) is 1. The van der Waals surface area contributed by atoms with Crippen molar-refractivity contribution < 1.29 is 22.7 Å². The van der Waals surface area contributed by atoms with Crippen LogP contribution in [0.4, 0.5) is 23.8 Å². The third-order valence-electron chi connectivity index (χ3n) is 3.35. The van der Waals surface area contributed by atoms with E-state index >= 15 is 0 Å². The second-order valence-electron chi connectivity index (χ2n) is 6.61. The zero-order chi connectivity index (χ0) is 18.1. The number of carbonyl (C=O) groups excluding carboxylic acids is 1. The molecule has 2 heterocycles. The summed E-state index contributed by atoms with van der Waals surface area (Å²) >= 11 is 5.87. The van der Waals surface area contributed by atoms with Crippen LogP contribution in [-0.2, 0) is 10.9 Å². The number of hydrogen-bond acceptors (Lipinski definition) is 4. The molecule has 5 nitrogen and oxygen atoms in total. The quantitative estimate of drug-likeness (QED) is 0.854. The molecule has 1 aliphatic heterocycles. The van der Waals surface area contributed by atoms with Crippen LogP contribution in [0.3, 0.4) is 0 Å². The number of likely N-dealkylation sites (tertiary alicyclic amines) is 1. The smallest absolute Gasteiger partial charge is 0.417 e. The molecule has 0 saturated carbocycles. The van der Waals surface area contributed by atoms with Crippen molar-refractivity contribution in [1.29, 1.82) is 0 Å². The molecule has 1 aromatic rings. The summed E-state index contributed by atoms with van der Waals surface area (Å²) in [5, 5.41) is 2.87. The van der Waals surface area contributed by atoms with Gasteiger partial charge >= 0.3 is 12.3 Å². The van der Waals surface area contributed by atoms with Crippen molar-refractivity contribution >= 4 is 23.5 Å². The number of hydrogen-bond donors (Lipinski definition) is 1. The van der Waals surface area contributed by atoms with E-state index in [1.54, 1.807) is 25.7 Å². The van der Waals surface area contributed by atoms with Gasteiger partial charge in [0, 0.05) is 25.3 Å². The number of nitrogens with one attached hydrogen (secondary N) is 1. The van der Waals surface area contributed by atoms with Crippen molar-refractivity contribution in [1.82, 2.24) is 9.88 Å². The molecule has 2 rings (SSSR count). The molecular weight excluding hydrogens is 347 g/mol. The van der Waals surface area contributed by atoms with Gasteiger partial charge in [-0.3, -0.25) is 0 Å². The Bertz CT molecular complexity index is 617. The van der Waals surface area contributed by atoms with E-state index in [4.69, 9.17) is 16.3 Å². The van der Waals surface area contributed by atoms with Crippen molar-refractivity contribution in [2.24, 2.45) is 0 Å². The van der Waals surface area contributed by atoms with Gasteiger partial charge in [0.05, 0.1) is 10.6 Å². The normalized spacial score (nSPS) is 18.6. The van der Waals surface area contributed by atoms with Crippen LogP contribution in [0.1, 0.15) is 32.8 Å². The number of alkyl halides is 3. The molecule has 0 aromatic carbocycles. The number of anilines is 1. The predicted octanol–water partition coefficient (Wildman–Crippen LogP) is 4.18. The first kappa shape index (κ1) is 18.6. The fourth-order valence-corrected chi connectivity index (χ4v) is 2.48. The lowest BCUT2D eigenvalue weighted by Crippen LogP contribution is -2.36. The summed E-state index contributed by atoms with van der Waals surface area (Å²) in [6.07, 6.45) is -3.55. The number of aromatic nitrogens is 1. The summed E-state index contributed by atoms with van der Waals surface area (Å²) in [7, 11) is 0. The molecule has 1 amide bonds. The zero-order valence-electron chi connectivity index (χ0n) is 13.6. The van der Waals surface area contributed by atoms with Crippen LogP contribution < -0.4 is 5.32 Å². The standard InChI is InChI=1S/C15H19ClF3N3O2/c1-14(2,3)24-13(23)22-5-4-10(8-22)21-12-11(16)6-9(7-20-12)15(17,18)19/h6-7,10H,4-5,8H2,1-3H3,(H,20,21). The van der Waals surface area contributed by atoms with Gasteiger partial charge in [-0.05, 0) is 33.3 Å². The van der Waals surface area contributed by atoms with E-state index in [0.717, 1.165) is 12.3 Å². The second kappa shape index (κ2) is 6.66. The largest absolute Gasteiger partial charge is 0.444 e. The molecule has 0 bridgehead atoms. The van der Waals surface area contributed by atoms with Crippen molar-refractivity contribution in [3.63, 3.8) is 0 Å². The lowest BCUT2D eigenvalue weighted by molar-refractivity contribution is -0.137. The van der Waals surface area contributed by atoms with Gasteiger partial charge in [0.2, 0.25) is 0 Å². The van der Waals surface area contributed by atoms with Gasteiger partial charge in [-0.2, -0.15) is 13.2 Å². The maximum atomic E-state index is 12.6. The highest BCUT2D eigenvalue weighted by Gasteiger charge is 2.33. The molecule has 1 N–H and O–H groups in total. The second-order valence-corrected chi connectivity index (χ2v) is 7.02. The molecule has 134 valence electrons. The maximum Gasteiger partial charge on any atom is 0.417 e. The number of carbonyl (C=O) groups is 1. The Morgan fingerprint density at radius 3 is 2.62 bits per heavy atom. The van der Waals surface area contributed by atoms with Gasteiger partial charge in [-0.25, -0.2) is 9.78 Å². The molecule has 24 heavy (non-hydrogen) atoms. The highest BCUT2D eigenvalue weighted by molar-refractivity contribution is 6.33. The Labute approximate surface area is 143 Å². The number of halogens is 4. The molecule has 1 unspecified atom stereocenters. The molecule has 0 radical (unpaired) electrons. The van der Waals surface area contributed by atoms with Crippen LogP contribution >= 0.6 is 11.6 Å². The van der Waals surface area contributed by atoms with Gasteiger partial charge in [0.25, 0.3) is 0 Å². The SMILES string of the molecule is CC(C)(C)OC(=O)N1CCC(Nc2ncc(C(F)(F)F)cc2Cl)C1. The molecule has 1 aliphatic rings. The molecule has 1 saturated heterocycles. The summed E-state index contributed by atoms with van der Waals surface area (Å²) in [4.78, 5) is 17.3. The van der Waals surface area contributed by atoms with Crippen LogP contribution in [0.5, 0.6) is 0 Å². The van der Waals surface area contributed by atoms with Crippen molar-refractivity contribution in [3.05, 3.63) is 22.8 Å². The molecule has 9 heteroatoms. The number of amides is 1. The molecule has 1 aromatic heterocycles. The summed E-state index contributed by atoms with van der Waals surface area (Å²) in [5.41, 5.74) is -1.49. The minimum Gasteiger partial charge on any atom is -0.444 e. The van der Waals surface area contributed by atoms with Crippen LogP contribution in [0, 0.1) is 0 Å². The summed E-state index contributed by atoms with van der Waals surface area (Å²) in [5.74, 6) is 0.167. The fourth-order valence-electron chi connectivity index (χ4n) is 2.26. The van der Waals surface area contributed by atoms with Crippen LogP contribution in [-0.4, -0.2) is 40.7 Å².